The summed E-state index contributed by atoms with van der Waals surface area (Å²) < 4.78 is 1.67. The van der Waals surface area contributed by atoms with Gasteiger partial charge in [0.05, 0.1) is 12.1 Å². The molecular weight excluding hydrogens is 414 g/mol. The Morgan fingerprint density at radius 3 is 2.15 bits per heavy atom. The molecule has 0 fully saturated rings. The highest BCUT2D eigenvalue weighted by molar-refractivity contribution is 6.01. The number of hydrogen-bond donors (Lipinski definition) is 2. The summed E-state index contributed by atoms with van der Waals surface area (Å²) in [6.07, 6.45) is 0.288. The van der Waals surface area contributed by atoms with Gasteiger partial charge in [-0.15, -0.1) is 5.10 Å². The van der Waals surface area contributed by atoms with E-state index in [4.69, 9.17) is 0 Å². The molecule has 2 N–H and O–H groups in total. The summed E-state index contributed by atoms with van der Waals surface area (Å²) >= 11 is 0. The van der Waals surface area contributed by atoms with Crippen molar-refractivity contribution in [2.24, 2.45) is 0 Å². The second-order valence-corrected chi connectivity index (χ2v) is 7.92. The Labute approximate surface area is 192 Å². The van der Waals surface area contributed by atoms with E-state index in [0.29, 0.717) is 11.5 Å². The number of nitrogens with zero attached hydrogens (tertiary/aromatic N) is 3. The SMILES string of the molecule is CC(C)NC(=O)Cc1ccc(NC(=O)c2nc(-c3ccccc3)n(-c3ccccc3)n2)cc1. The van der Waals surface area contributed by atoms with Crippen LogP contribution in [-0.2, 0) is 11.2 Å². The van der Waals surface area contributed by atoms with Crippen molar-refractivity contribution in [2.45, 2.75) is 26.3 Å². The first-order valence-corrected chi connectivity index (χ1v) is 10.8. The zero-order chi connectivity index (χ0) is 23.2. The molecule has 0 spiro atoms. The lowest BCUT2D eigenvalue weighted by atomic mass is 10.1. The van der Waals surface area contributed by atoms with Crippen molar-refractivity contribution in [3.05, 3.63) is 96.3 Å². The number of rotatable bonds is 7. The minimum Gasteiger partial charge on any atom is -0.354 e. The summed E-state index contributed by atoms with van der Waals surface area (Å²) in [6, 6.07) is 26.5. The Bertz CT molecular complexity index is 1180. The van der Waals surface area contributed by atoms with Crippen LogP contribution in [0.3, 0.4) is 0 Å². The van der Waals surface area contributed by atoms with Crippen LogP contribution in [0.1, 0.15) is 30.0 Å². The van der Waals surface area contributed by atoms with Crippen molar-refractivity contribution in [3.8, 4) is 17.1 Å². The number of carbonyl (C=O) groups is 2. The summed E-state index contributed by atoms with van der Waals surface area (Å²) in [5.41, 5.74) is 3.14. The first-order valence-electron chi connectivity index (χ1n) is 10.8. The number of nitrogens with one attached hydrogen (secondary N) is 2. The van der Waals surface area contributed by atoms with Crippen molar-refractivity contribution < 1.29 is 9.59 Å². The summed E-state index contributed by atoms with van der Waals surface area (Å²) in [6.45, 7) is 3.85. The molecule has 0 unspecified atom stereocenters. The van der Waals surface area contributed by atoms with Gasteiger partial charge in [-0.05, 0) is 43.7 Å². The fourth-order valence-electron chi connectivity index (χ4n) is 3.38. The number of para-hydroxylation sites is 1. The number of amides is 2. The van der Waals surface area contributed by atoms with E-state index < -0.39 is 5.91 Å². The lowest BCUT2D eigenvalue weighted by molar-refractivity contribution is -0.120. The Hall–Kier alpha value is -4.26. The summed E-state index contributed by atoms with van der Waals surface area (Å²) in [5, 5.41) is 10.2. The van der Waals surface area contributed by atoms with E-state index >= 15 is 0 Å². The lowest BCUT2D eigenvalue weighted by Crippen LogP contribution is -2.31. The van der Waals surface area contributed by atoms with Crippen molar-refractivity contribution in [1.82, 2.24) is 20.1 Å². The predicted octanol–water partition coefficient (Wildman–Crippen LogP) is 4.25. The van der Waals surface area contributed by atoms with Crippen LogP contribution in [0.25, 0.3) is 17.1 Å². The van der Waals surface area contributed by atoms with Gasteiger partial charge in [0.2, 0.25) is 11.7 Å². The monoisotopic (exact) mass is 439 g/mol. The third-order valence-corrected chi connectivity index (χ3v) is 4.87. The quantitative estimate of drug-likeness (QED) is 0.450. The Morgan fingerprint density at radius 1 is 0.879 bits per heavy atom. The normalized spacial score (nSPS) is 10.8. The molecule has 0 saturated heterocycles. The molecule has 3 aromatic carbocycles. The smallest absolute Gasteiger partial charge is 0.295 e. The molecule has 0 atom stereocenters. The minimum absolute atomic E-state index is 0.0362. The highest BCUT2D eigenvalue weighted by Crippen LogP contribution is 2.21. The standard InChI is InChI=1S/C26H25N5O2/c1-18(2)27-23(32)17-19-13-15-21(16-14-19)28-26(33)24-29-25(20-9-5-3-6-10-20)31(30-24)22-11-7-4-8-12-22/h3-16,18H,17H2,1-2H3,(H,27,32)(H,28,33). The van der Waals surface area contributed by atoms with Gasteiger partial charge in [-0.1, -0.05) is 60.7 Å². The van der Waals surface area contributed by atoms with Gasteiger partial charge in [-0.3, -0.25) is 9.59 Å². The Morgan fingerprint density at radius 2 is 1.52 bits per heavy atom. The number of benzene rings is 3. The van der Waals surface area contributed by atoms with E-state index in [2.05, 4.69) is 20.7 Å². The third kappa shape index (κ3) is 5.51. The average Bonchev–Trinajstić information content (AvgIpc) is 3.27. The molecule has 0 aliphatic rings. The predicted molar refractivity (Wildman–Crippen MR) is 128 cm³/mol. The fourth-order valence-corrected chi connectivity index (χ4v) is 3.38. The van der Waals surface area contributed by atoms with Gasteiger partial charge in [0.1, 0.15) is 0 Å². The topological polar surface area (TPSA) is 88.9 Å². The minimum atomic E-state index is -0.410. The molecule has 1 heterocycles. The molecule has 0 bridgehead atoms. The van der Waals surface area contributed by atoms with Crippen LogP contribution in [0.15, 0.2) is 84.9 Å². The molecule has 7 nitrogen and oxygen atoms in total. The molecule has 166 valence electrons. The summed E-state index contributed by atoms with van der Waals surface area (Å²) in [5.74, 6) is 0.203. The molecule has 7 heteroatoms. The maximum Gasteiger partial charge on any atom is 0.295 e. The van der Waals surface area contributed by atoms with Gasteiger partial charge in [0.15, 0.2) is 5.82 Å². The van der Waals surface area contributed by atoms with Gasteiger partial charge in [0, 0.05) is 17.3 Å². The van der Waals surface area contributed by atoms with Crippen molar-refractivity contribution in [1.29, 1.82) is 0 Å². The Kier molecular flexibility index (Phi) is 6.59. The lowest BCUT2D eigenvalue weighted by Gasteiger charge is -2.09. The average molecular weight is 440 g/mol. The first kappa shape index (κ1) is 22.0. The molecule has 2 amide bonds. The van der Waals surface area contributed by atoms with Gasteiger partial charge in [0.25, 0.3) is 5.91 Å². The molecule has 0 radical (unpaired) electrons. The van der Waals surface area contributed by atoms with Crippen LogP contribution in [-0.4, -0.2) is 32.6 Å². The van der Waals surface area contributed by atoms with Crippen molar-refractivity contribution in [2.75, 3.05) is 5.32 Å². The second kappa shape index (κ2) is 9.91. The van der Waals surface area contributed by atoms with Crippen LogP contribution >= 0.6 is 0 Å². The highest BCUT2D eigenvalue weighted by Gasteiger charge is 2.19. The maximum absolute atomic E-state index is 12.9. The second-order valence-electron chi connectivity index (χ2n) is 7.92. The zero-order valence-corrected chi connectivity index (χ0v) is 18.5. The van der Waals surface area contributed by atoms with E-state index in [-0.39, 0.29) is 24.2 Å². The number of carbonyl (C=O) groups excluding carboxylic acids is 2. The molecule has 1 aromatic heterocycles. The summed E-state index contributed by atoms with van der Waals surface area (Å²) in [7, 11) is 0. The van der Waals surface area contributed by atoms with Gasteiger partial charge in [-0.2, -0.15) is 0 Å². The fraction of sp³-hybridized carbons (Fsp3) is 0.154. The van der Waals surface area contributed by atoms with Gasteiger partial charge >= 0.3 is 0 Å². The summed E-state index contributed by atoms with van der Waals surface area (Å²) in [4.78, 5) is 29.4. The van der Waals surface area contributed by atoms with Gasteiger partial charge < -0.3 is 10.6 Å². The van der Waals surface area contributed by atoms with E-state index in [9.17, 15) is 9.59 Å². The molecule has 0 aliphatic carbocycles. The van der Waals surface area contributed by atoms with Crippen LogP contribution in [0, 0.1) is 0 Å². The van der Waals surface area contributed by atoms with Crippen LogP contribution in [0.2, 0.25) is 0 Å². The first-order chi connectivity index (χ1) is 16.0. The number of anilines is 1. The largest absolute Gasteiger partial charge is 0.354 e. The van der Waals surface area contributed by atoms with Crippen LogP contribution < -0.4 is 10.6 Å². The highest BCUT2D eigenvalue weighted by atomic mass is 16.2. The maximum atomic E-state index is 12.9. The molecular formula is C26H25N5O2. The van der Waals surface area contributed by atoms with E-state index in [1.54, 1.807) is 16.8 Å². The van der Waals surface area contributed by atoms with Crippen LogP contribution in [0.5, 0.6) is 0 Å². The third-order valence-electron chi connectivity index (χ3n) is 4.87. The number of aromatic nitrogens is 3. The van der Waals surface area contributed by atoms with E-state index in [1.165, 1.54) is 0 Å². The van der Waals surface area contributed by atoms with E-state index in [1.807, 2.05) is 86.6 Å². The molecule has 33 heavy (non-hydrogen) atoms. The van der Waals surface area contributed by atoms with E-state index in [0.717, 1.165) is 16.8 Å². The molecule has 0 aliphatic heterocycles. The van der Waals surface area contributed by atoms with Gasteiger partial charge in [-0.25, -0.2) is 9.67 Å². The van der Waals surface area contributed by atoms with Crippen molar-refractivity contribution in [3.63, 3.8) is 0 Å². The Balaban J connectivity index is 1.54. The molecule has 0 saturated carbocycles. The molecule has 4 rings (SSSR count). The van der Waals surface area contributed by atoms with Crippen LogP contribution in [0.4, 0.5) is 5.69 Å². The van der Waals surface area contributed by atoms with Crippen molar-refractivity contribution >= 4 is 17.5 Å². The molecule has 4 aromatic rings. The zero-order valence-electron chi connectivity index (χ0n) is 18.5. The number of hydrogen-bond acceptors (Lipinski definition) is 4.